The van der Waals surface area contributed by atoms with E-state index in [2.05, 4.69) is 31.0 Å². The monoisotopic (exact) mass is 283 g/mol. The van der Waals surface area contributed by atoms with Crippen molar-refractivity contribution in [2.75, 3.05) is 19.6 Å². The normalized spacial score (nSPS) is 27.2. The van der Waals surface area contributed by atoms with Crippen LogP contribution in [0.25, 0.3) is 0 Å². The number of likely N-dealkylation sites (tertiary alicyclic amines) is 1. The number of rotatable bonds is 8. The van der Waals surface area contributed by atoms with E-state index in [0.29, 0.717) is 6.04 Å². The second-order valence-corrected chi connectivity index (χ2v) is 6.74. The zero-order chi connectivity index (χ0) is 15.2. The standard InChI is InChI=1S/C16H33N3O/c1-5-9-18-16(4,15(17)20)8-6-10-19-11-7-13(2)12-14(19)3/h13-14,18H,5-12H2,1-4H3,(H2,17,20). The van der Waals surface area contributed by atoms with Crippen LogP contribution in [0.1, 0.15) is 59.8 Å². The molecule has 0 aromatic carbocycles. The Bertz CT molecular complexity index is 308. The lowest BCUT2D eigenvalue weighted by atomic mass is 9.91. The molecule has 3 N–H and O–H groups in total. The van der Waals surface area contributed by atoms with E-state index < -0.39 is 5.54 Å². The summed E-state index contributed by atoms with van der Waals surface area (Å²) in [6.07, 6.45) is 5.45. The van der Waals surface area contributed by atoms with Crippen molar-refractivity contribution in [2.45, 2.75) is 71.4 Å². The van der Waals surface area contributed by atoms with Gasteiger partial charge in [-0.3, -0.25) is 4.79 Å². The molecular weight excluding hydrogens is 250 g/mol. The minimum absolute atomic E-state index is 0.230. The van der Waals surface area contributed by atoms with Crippen molar-refractivity contribution < 1.29 is 4.79 Å². The lowest BCUT2D eigenvalue weighted by molar-refractivity contribution is -0.124. The number of amides is 1. The molecule has 1 rings (SSSR count). The highest BCUT2D eigenvalue weighted by molar-refractivity contribution is 5.84. The fraction of sp³-hybridized carbons (Fsp3) is 0.938. The smallest absolute Gasteiger partial charge is 0.237 e. The van der Waals surface area contributed by atoms with Gasteiger partial charge >= 0.3 is 0 Å². The first-order valence-electron chi connectivity index (χ1n) is 8.18. The van der Waals surface area contributed by atoms with Crippen molar-refractivity contribution in [2.24, 2.45) is 11.7 Å². The van der Waals surface area contributed by atoms with Crippen LogP contribution in [-0.2, 0) is 4.79 Å². The van der Waals surface area contributed by atoms with E-state index in [9.17, 15) is 4.79 Å². The first-order chi connectivity index (χ1) is 9.39. The lowest BCUT2D eigenvalue weighted by Gasteiger charge is -2.37. The number of primary amides is 1. The molecule has 3 atom stereocenters. The fourth-order valence-corrected chi connectivity index (χ4v) is 3.12. The van der Waals surface area contributed by atoms with Gasteiger partial charge < -0.3 is 16.0 Å². The first kappa shape index (κ1) is 17.4. The highest BCUT2D eigenvalue weighted by atomic mass is 16.1. The predicted molar refractivity (Wildman–Crippen MR) is 84.6 cm³/mol. The minimum atomic E-state index is -0.553. The van der Waals surface area contributed by atoms with E-state index in [-0.39, 0.29) is 5.91 Å². The van der Waals surface area contributed by atoms with Gasteiger partial charge in [-0.15, -0.1) is 0 Å². The average Bonchev–Trinajstić information content (AvgIpc) is 2.38. The summed E-state index contributed by atoms with van der Waals surface area (Å²) < 4.78 is 0. The molecule has 0 aromatic rings. The molecule has 1 saturated heterocycles. The molecule has 118 valence electrons. The summed E-state index contributed by atoms with van der Waals surface area (Å²) in [7, 11) is 0. The Morgan fingerprint density at radius 1 is 1.45 bits per heavy atom. The molecule has 20 heavy (non-hydrogen) atoms. The van der Waals surface area contributed by atoms with Gasteiger partial charge in [0.1, 0.15) is 0 Å². The van der Waals surface area contributed by atoms with Gasteiger partial charge in [-0.25, -0.2) is 0 Å². The average molecular weight is 283 g/mol. The molecular formula is C16H33N3O. The molecule has 0 bridgehead atoms. The molecule has 1 heterocycles. The van der Waals surface area contributed by atoms with Crippen LogP contribution < -0.4 is 11.1 Å². The molecule has 4 heteroatoms. The number of carbonyl (C=O) groups excluding carboxylic acids is 1. The van der Waals surface area contributed by atoms with Gasteiger partial charge in [0.25, 0.3) is 0 Å². The second-order valence-electron chi connectivity index (χ2n) is 6.74. The van der Waals surface area contributed by atoms with Crippen molar-refractivity contribution in [3.05, 3.63) is 0 Å². The van der Waals surface area contributed by atoms with Crippen molar-refractivity contribution >= 4 is 5.91 Å². The van der Waals surface area contributed by atoms with Crippen molar-refractivity contribution in [3.8, 4) is 0 Å². The molecule has 0 aliphatic carbocycles. The maximum absolute atomic E-state index is 11.7. The van der Waals surface area contributed by atoms with Crippen LogP contribution in [0.15, 0.2) is 0 Å². The molecule has 4 nitrogen and oxygen atoms in total. The van der Waals surface area contributed by atoms with Crippen molar-refractivity contribution in [1.82, 2.24) is 10.2 Å². The number of nitrogens with two attached hydrogens (primary N) is 1. The SMILES string of the molecule is CCCNC(C)(CCCN1CCC(C)CC1C)C(N)=O. The molecule has 0 aromatic heterocycles. The number of nitrogens with zero attached hydrogens (tertiary/aromatic N) is 1. The molecule has 1 aliphatic rings. The van der Waals surface area contributed by atoms with Crippen LogP contribution in [0.2, 0.25) is 0 Å². The Morgan fingerprint density at radius 3 is 2.70 bits per heavy atom. The van der Waals surface area contributed by atoms with E-state index >= 15 is 0 Å². The number of hydrogen-bond acceptors (Lipinski definition) is 3. The lowest BCUT2D eigenvalue weighted by Crippen LogP contribution is -2.53. The summed E-state index contributed by atoms with van der Waals surface area (Å²) in [6, 6.07) is 0.669. The number of nitrogens with one attached hydrogen (secondary N) is 1. The first-order valence-corrected chi connectivity index (χ1v) is 8.18. The van der Waals surface area contributed by atoms with Gasteiger partial charge in [-0.05, 0) is 71.5 Å². The van der Waals surface area contributed by atoms with E-state index in [1.54, 1.807) is 0 Å². The van der Waals surface area contributed by atoms with Crippen LogP contribution in [0.5, 0.6) is 0 Å². The van der Waals surface area contributed by atoms with Crippen LogP contribution in [0.3, 0.4) is 0 Å². The summed E-state index contributed by atoms with van der Waals surface area (Å²) in [4.78, 5) is 14.2. The zero-order valence-electron chi connectivity index (χ0n) is 13.7. The van der Waals surface area contributed by atoms with Crippen LogP contribution in [0.4, 0.5) is 0 Å². The maximum atomic E-state index is 11.7. The molecule has 1 aliphatic heterocycles. The van der Waals surface area contributed by atoms with Crippen molar-refractivity contribution in [1.29, 1.82) is 0 Å². The number of piperidine rings is 1. The molecule has 0 saturated carbocycles. The molecule has 1 fully saturated rings. The molecule has 0 radical (unpaired) electrons. The van der Waals surface area contributed by atoms with Gasteiger partial charge in [0, 0.05) is 6.04 Å². The van der Waals surface area contributed by atoms with Gasteiger partial charge in [0.2, 0.25) is 5.91 Å². The van der Waals surface area contributed by atoms with Gasteiger partial charge in [-0.2, -0.15) is 0 Å². The van der Waals surface area contributed by atoms with Gasteiger partial charge in [0.05, 0.1) is 5.54 Å². The summed E-state index contributed by atoms with van der Waals surface area (Å²) in [5.41, 5.74) is 5.01. The third kappa shape index (κ3) is 5.06. The largest absolute Gasteiger partial charge is 0.368 e. The summed E-state index contributed by atoms with van der Waals surface area (Å²) in [5, 5.41) is 3.31. The molecule has 0 spiro atoms. The van der Waals surface area contributed by atoms with E-state index in [1.165, 1.54) is 19.4 Å². The Kier molecular flexibility index (Phi) is 6.96. The highest BCUT2D eigenvalue weighted by Crippen LogP contribution is 2.23. The Labute approximate surface area is 124 Å². The summed E-state index contributed by atoms with van der Waals surface area (Å²) in [5.74, 6) is 0.620. The van der Waals surface area contributed by atoms with Crippen LogP contribution in [-0.4, -0.2) is 42.0 Å². The highest BCUT2D eigenvalue weighted by Gasteiger charge is 2.30. The van der Waals surface area contributed by atoms with Crippen LogP contribution >= 0.6 is 0 Å². The summed E-state index contributed by atoms with van der Waals surface area (Å²) >= 11 is 0. The molecule has 1 amide bonds. The zero-order valence-corrected chi connectivity index (χ0v) is 13.7. The quantitative estimate of drug-likeness (QED) is 0.717. The fourth-order valence-electron chi connectivity index (χ4n) is 3.12. The minimum Gasteiger partial charge on any atom is -0.368 e. The van der Waals surface area contributed by atoms with Crippen LogP contribution in [0, 0.1) is 5.92 Å². The van der Waals surface area contributed by atoms with Gasteiger partial charge in [-0.1, -0.05) is 13.8 Å². The predicted octanol–water partition coefficient (Wildman–Crippen LogP) is 2.13. The third-order valence-electron chi connectivity index (χ3n) is 4.71. The third-order valence-corrected chi connectivity index (χ3v) is 4.71. The second kappa shape index (κ2) is 7.99. The van der Waals surface area contributed by atoms with Gasteiger partial charge in [0.15, 0.2) is 0 Å². The number of carbonyl (C=O) groups is 1. The Hall–Kier alpha value is -0.610. The topological polar surface area (TPSA) is 58.4 Å². The summed E-state index contributed by atoms with van der Waals surface area (Å²) in [6.45, 7) is 11.8. The maximum Gasteiger partial charge on any atom is 0.237 e. The Balaban J connectivity index is 2.38. The molecule has 3 unspecified atom stereocenters. The van der Waals surface area contributed by atoms with Crippen molar-refractivity contribution in [3.63, 3.8) is 0 Å². The van der Waals surface area contributed by atoms with E-state index in [1.807, 2.05) is 6.92 Å². The number of hydrogen-bond donors (Lipinski definition) is 2. The van der Waals surface area contributed by atoms with E-state index in [0.717, 1.165) is 38.3 Å². The Morgan fingerprint density at radius 2 is 2.15 bits per heavy atom. The van der Waals surface area contributed by atoms with E-state index in [4.69, 9.17) is 5.73 Å².